The highest BCUT2D eigenvalue weighted by Crippen LogP contribution is 2.18. The highest BCUT2D eigenvalue weighted by Gasteiger charge is 2.19. The standard InChI is InChI=1S/C13H16N2O/c1-2-6-11(7-3-1)16-15-10-14-12-8-4-5-9-13(12)15/h4-5,8-11H,1-3,6-7H2/p+1. The van der Waals surface area contributed by atoms with Gasteiger partial charge in [-0.25, -0.2) is 4.98 Å². The van der Waals surface area contributed by atoms with Crippen molar-refractivity contribution in [3.8, 4) is 0 Å². The van der Waals surface area contributed by atoms with Gasteiger partial charge in [0.25, 0.3) is 6.33 Å². The molecule has 1 fully saturated rings. The number of aromatic nitrogens is 2. The molecule has 1 saturated carbocycles. The van der Waals surface area contributed by atoms with E-state index in [9.17, 15) is 0 Å². The zero-order valence-electron chi connectivity index (χ0n) is 9.36. The fourth-order valence-electron chi connectivity index (χ4n) is 2.40. The molecular formula is C13H17N2O+. The average molecular weight is 217 g/mol. The van der Waals surface area contributed by atoms with E-state index in [0.717, 1.165) is 11.0 Å². The minimum Gasteiger partial charge on any atom is -0.332 e. The summed E-state index contributed by atoms with van der Waals surface area (Å²) in [6.45, 7) is 0. The highest BCUT2D eigenvalue weighted by molar-refractivity contribution is 5.70. The Hall–Kier alpha value is -1.51. The third-order valence-corrected chi connectivity index (χ3v) is 3.29. The maximum atomic E-state index is 5.99. The Morgan fingerprint density at radius 2 is 1.94 bits per heavy atom. The molecule has 0 unspecified atom stereocenters. The van der Waals surface area contributed by atoms with Crippen LogP contribution >= 0.6 is 0 Å². The first kappa shape index (κ1) is 9.70. The Morgan fingerprint density at radius 3 is 2.81 bits per heavy atom. The zero-order valence-corrected chi connectivity index (χ0v) is 9.36. The first-order valence-electron chi connectivity index (χ1n) is 6.08. The van der Waals surface area contributed by atoms with Crippen LogP contribution in [0.2, 0.25) is 0 Å². The van der Waals surface area contributed by atoms with Gasteiger partial charge in [-0.15, -0.1) is 0 Å². The van der Waals surface area contributed by atoms with Crippen molar-refractivity contribution >= 4 is 11.0 Å². The lowest BCUT2D eigenvalue weighted by atomic mass is 9.98. The molecule has 0 amide bonds. The summed E-state index contributed by atoms with van der Waals surface area (Å²) >= 11 is 0. The van der Waals surface area contributed by atoms with E-state index in [2.05, 4.69) is 17.1 Å². The predicted molar refractivity (Wildman–Crippen MR) is 61.9 cm³/mol. The molecule has 1 aromatic carbocycles. The van der Waals surface area contributed by atoms with Gasteiger partial charge in [-0.2, -0.15) is 0 Å². The molecule has 0 saturated heterocycles. The second kappa shape index (κ2) is 4.16. The average Bonchev–Trinajstić information content (AvgIpc) is 2.74. The summed E-state index contributed by atoms with van der Waals surface area (Å²) in [5.74, 6) is 0. The Labute approximate surface area is 95.0 Å². The second-order valence-electron chi connectivity index (χ2n) is 4.48. The van der Waals surface area contributed by atoms with Crippen molar-refractivity contribution in [3.63, 3.8) is 0 Å². The van der Waals surface area contributed by atoms with Crippen molar-refractivity contribution in [3.05, 3.63) is 30.6 Å². The quantitative estimate of drug-likeness (QED) is 0.768. The van der Waals surface area contributed by atoms with Crippen LogP contribution in [-0.2, 0) is 0 Å². The van der Waals surface area contributed by atoms with E-state index in [1.54, 1.807) is 0 Å². The van der Waals surface area contributed by atoms with E-state index < -0.39 is 0 Å². The van der Waals surface area contributed by atoms with E-state index in [1.807, 2.05) is 23.2 Å². The smallest absolute Gasteiger partial charge is 0.283 e. The second-order valence-corrected chi connectivity index (χ2v) is 4.48. The number of nitrogens with one attached hydrogen (secondary N) is 1. The number of H-pyrrole nitrogens is 1. The van der Waals surface area contributed by atoms with Crippen molar-refractivity contribution in [1.82, 2.24) is 4.98 Å². The molecule has 0 aliphatic heterocycles. The van der Waals surface area contributed by atoms with Gasteiger partial charge in [-0.1, -0.05) is 18.6 Å². The SMILES string of the molecule is c1ccc2c(c1)[nH]c[n+]2OC1CCCCC1. The summed E-state index contributed by atoms with van der Waals surface area (Å²) in [7, 11) is 0. The van der Waals surface area contributed by atoms with Gasteiger partial charge in [0.2, 0.25) is 5.52 Å². The minimum atomic E-state index is 0.387. The summed E-state index contributed by atoms with van der Waals surface area (Å²) in [4.78, 5) is 9.21. The summed E-state index contributed by atoms with van der Waals surface area (Å²) in [5.41, 5.74) is 2.24. The van der Waals surface area contributed by atoms with Crippen LogP contribution in [-0.4, -0.2) is 11.1 Å². The number of para-hydroxylation sites is 2. The van der Waals surface area contributed by atoms with Crippen molar-refractivity contribution < 1.29 is 9.57 Å². The monoisotopic (exact) mass is 217 g/mol. The highest BCUT2D eigenvalue weighted by atomic mass is 16.7. The van der Waals surface area contributed by atoms with E-state index >= 15 is 0 Å². The molecule has 0 spiro atoms. The fraction of sp³-hybridized carbons (Fsp3) is 0.462. The molecule has 1 aliphatic carbocycles. The van der Waals surface area contributed by atoms with E-state index in [1.165, 1.54) is 32.1 Å². The molecule has 3 nitrogen and oxygen atoms in total. The molecule has 2 aromatic rings. The third kappa shape index (κ3) is 1.77. The maximum Gasteiger partial charge on any atom is 0.283 e. The summed E-state index contributed by atoms with van der Waals surface area (Å²) < 4.78 is 1.88. The van der Waals surface area contributed by atoms with Crippen molar-refractivity contribution in [2.45, 2.75) is 38.2 Å². The number of hydrogen-bond donors (Lipinski definition) is 1. The molecule has 1 N–H and O–H groups in total. The number of nitrogens with zero attached hydrogens (tertiary/aromatic N) is 1. The van der Waals surface area contributed by atoms with Crippen molar-refractivity contribution in [2.24, 2.45) is 0 Å². The molecule has 1 aliphatic rings. The molecule has 0 atom stereocenters. The van der Waals surface area contributed by atoms with E-state index in [4.69, 9.17) is 4.84 Å². The molecule has 3 rings (SSSR count). The number of hydrogen-bond acceptors (Lipinski definition) is 1. The summed E-state index contributed by atoms with van der Waals surface area (Å²) in [6, 6.07) is 8.21. The maximum absolute atomic E-state index is 5.99. The Kier molecular flexibility index (Phi) is 2.52. The van der Waals surface area contributed by atoms with Crippen molar-refractivity contribution in [1.29, 1.82) is 0 Å². The Morgan fingerprint density at radius 1 is 1.12 bits per heavy atom. The van der Waals surface area contributed by atoms with Gasteiger partial charge in [0.05, 0.1) is 0 Å². The molecule has 0 radical (unpaired) electrons. The van der Waals surface area contributed by atoms with Crippen LogP contribution in [0.5, 0.6) is 0 Å². The molecule has 16 heavy (non-hydrogen) atoms. The van der Waals surface area contributed by atoms with Crippen LogP contribution in [0.1, 0.15) is 32.1 Å². The number of aromatic amines is 1. The van der Waals surface area contributed by atoms with Gasteiger partial charge in [0, 0.05) is 0 Å². The first-order valence-corrected chi connectivity index (χ1v) is 6.08. The summed E-state index contributed by atoms with van der Waals surface area (Å²) in [6.07, 6.45) is 8.62. The lowest BCUT2D eigenvalue weighted by Gasteiger charge is -2.19. The molecular weight excluding hydrogens is 200 g/mol. The summed E-state index contributed by atoms with van der Waals surface area (Å²) in [5, 5.41) is 0. The van der Waals surface area contributed by atoms with Gasteiger partial charge in [0.1, 0.15) is 6.10 Å². The Balaban J connectivity index is 1.83. The molecule has 1 heterocycles. The van der Waals surface area contributed by atoms with E-state index in [0.29, 0.717) is 6.10 Å². The van der Waals surface area contributed by atoms with Gasteiger partial charge in [0.15, 0.2) is 5.52 Å². The number of rotatable bonds is 2. The van der Waals surface area contributed by atoms with Crippen molar-refractivity contribution in [2.75, 3.05) is 0 Å². The molecule has 84 valence electrons. The lowest BCUT2D eigenvalue weighted by Crippen LogP contribution is -2.47. The largest absolute Gasteiger partial charge is 0.332 e. The first-order chi connectivity index (χ1) is 7.93. The van der Waals surface area contributed by atoms with Gasteiger partial charge < -0.3 is 4.84 Å². The van der Waals surface area contributed by atoms with Gasteiger partial charge >= 0.3 is 0 Å². The van der Waals surface area contributed by atoms with Crippen LogP contribution in [0.25, 0.3) is 11.0 Å². The molecule has 0 bridgehead atoms. The number of benzene rings is 1. The van der Waals surface area contributed by atoms with E-state index in [-0.39, 0.29) is 0 Å². The Bertz CT molecular complexity index is 471. The molecule has 1 aromatic heterocycles. The lowest BCUT2D eigenvalue weighted by molar-refractivity contribution is -0.879. The predicted octanol–water partition coefficient (Wildman–Crippen LogP) is 2.22. The normalized spacial score (nSPS) is 17.8. The number of fused-ring (bicyclic) bond motifs is 1. The van der Waals surface area contributed by atoms with Gasteiger partial charge in [-0.05, 0) is 42.5 Å². The minimum absolute atomic E-state index is 0.387. The van der Waals surface area contributed by atoms with Crippen LogP contribution in [0, 0.1) is 0 Å². The van der Waals surface area contributed by atoms with Crippen LogP contribution in [0.3, 0.4) is 0 Å². The molecule has 3 heteroatoms. The van der Waals surface area contributed by atoms with Crippen LogP contribution in [0.15, 0.2) is 30.6 Å². The van der Waals surface area contributed by atoms with Gasteiger partial charge in [-0.3, -0.25) is 0 Å². The zero-order chi connectivity index (χ0) is 10.8. The third-order valence-electron chi connectivity index (χ3n) is 3.29. The topological polar surface area (TPSA) is 28.9 Å². The fourth-order valence-corrected chi connectivity index (χ4v) is 2.40. The van der Waals surface area contributed by atoms with Crippen LogP contribution in [0.4, 0.5) is 0 Å². The van der Waals surface area contributed by atoms with Crippen LogP contribution < -0.4 is 9.57 Å². The number of imidazole rings is 1.